The van der Waals surface area contributed by atoms with Gasteiger partial charge in [0, 0.05) is 5.92 Å². The van der Waals surface area contributed by atoms with Crippen molar-refractivity contribution in [2.45, 2.75) is 51.6 Å². The first-order valence-corrected chi connectivity index (χ1v) is 8.62. The van der Waals surface area contributed by atoms with Crippen LogP contribution >= 0.6 is 0 Å². The van der Waals surface area contributed by atoms with Gasteiger partial charge in [0.2, 0.25) is 0 Å². The SMILES string of the molecule is C=C1OC(=O)[C@@]2([C@H](/C=C/[C@H](C)C[C@@H](C)C(C)O)C=C[C@@H](O)[C@@H]2O)[C@H]1O. The third-order valence-electron chi connectivity index (χ3n) is 5.43. The van der Waals surface area contributed by atoms with Crippen molar-refractivity contribution in [2.75, 3.05) is 0 Å². The molecule has 1 fully saturated rings. The van der Waals surface area contributed by atoms with E-state index in [0.29, 0.717) is 0 Å². The summed E-state index contributed by atoms with van der Waals surface area (Å²) in [6, 6.07) is 0. The van der Waals surface area contributed by atoms with Crippen molar-refractivity contribution < 1.29 is 30.0 Å². The highest BCUT2D eigenvalue weighted by Gasteiger charge is 2.64. The quantitative estimate of drug-likeness (QED) is 0.433. The molecule has 0 saturated carbocycles. The summed E-state index contributed by atoms with van der Waals surface area (Å²) in [5, 5.41) is 40.5. The number of hydrogen-bond acceptors (Lipinski definition) is 6. The van der Waals surface area contributed by atoms with Crippen molar-refractivity contribution in [2.24, 2.45) is 23.2 Å². The van der Waals surface area contributed by atoms with Gasteiger partial charge in [0.25, 0.3) is 0 Å². The van der Waals surface area contributed by atoms with Crippen molar-refractivity contribution >= 4 is 5.97 Å². The van der Waals surface area contributed by atoms with Crippen LogP contribution in [0, 0.1) is 23.2 Å². The number of cyclic esters (lactones) is 1. The third kappa shape index (κ3) is 3.44. The summed E-state index contributed by atoms with van der Waals surface area (Å²) >= 11 is 0. The first-order chi connectivity index (χ1) is 11.6. The summed E-state index contributed by atoms with van der Waals surface area (Å²) in [5.74, 6) is -1.32. The van der Waals surface area contributed by atoms with Crippen molar-refractivity contribution in [1.29, 1.82) is 0 Å². The Morgan fingerprint density at radius 2 is 1.92 bits per heavy atom. The first-order valence-electron chi connectivity index (χ1n) is 8.62. The second-order valence-corrected chi connectivity index (χ2v) is 7.35. The fourth-order valence-corrected chi connectivity index (χ4v) is 3.61. The van der Waals surface area contributed by atoms with E-state index in [1.165, 1.54) is 6.08 Å². The molecule has 0 aromatic rings. The maximum Gasteiger partial charge on any atom is 0.324 e. The van der Waals surface area contributed by atoms with Crippen LogP contribution in [0.25, 0.3) is 0 Å². The highest BCUT2D eigenvalue weighted by molar-refractivity contribution is 5.84. The molecule has 8 atom stereocenters. The second-order valence-electron chi connectivity index (χ2n) is 7.35. The lowest BCUT2D eigenvalue weighted by Gasteiger charge is -2.41. The Labute approximate surface area is 148 Å². The minimum atomic E-state index is -1.70. The van der Waals surface area contributed by atoms with E-state index in [1.807, 2.05) is 19.9 Å². The van der Waals surface area contributed by atoms with E-state index in [9.17, 15) is 25.2 Å². The van der Waals surface area contributed by atoms with E-state index in [4.69, 9.17) is 4.74 Å². The van der Waals surface area contributed by atoms with E-state index >= 15 is 0 Å². The summed E-state index contributed by atoms with van der Waals surface area (Å²) in [6.45, 7) is 9.21. The molecule has 2 aliphatic rings. The fourth-order valence-electron chi connectivity index (χ4n) is 3.61. The molecule has 1 unspecified atom stereocenters. The first kappa shape index (κ1) is 19.8. The van der Waals surface area contributed by atoms with Gasteiger partial charge in [-0.1, -0.05) is 44.7 Å². The van der Waals surface area contributed by atoms with Gasteiger partial charge >= 0.3 is 5.97 Å². The molecule has 1 aliphatic heterocycles. The van der Waals surface area contributed by atoms with E-state index in [2.05, 4.69) is 6.58 Å². The van der Waals surface area contributed by atoms with Gasteiger partial charge in [0.05, 0.1) is 12.2 Å². The van der Waals surface area contributed by atoms with Gasteiger partial charge in [-0.15, -0.1) is 0 Å². The zero-order valence-corrected chi connectivity index (χ0v) is 14.9. The molecule has 0 aromatic carbocycles. The molecule has 4 N–H and O–H groups in total. The Hall–Kier alpha value is -1.47. The fraction of sp³-hybridized carbons (Fsp3) is 0.632. The number of aliphatic hydroxyl groups is 4. The maximum absolute atomic E-state index is 12.4. The minimum absolute atomic E-state index is 0.115. The van der Waals surface area contributed by atoms with Gasteiger partial charge in [-0.05, 0) is 25.2 Å². The number of rotatable bonds is 5. The molecule has 2 rings (SSSR count). The minimum Gasteiger partial charge on any atom is -0.428 e. The Morgan fingerprint density at radius 3 is 2.44 bits per heavy atom. The number of aliphatic hydroxyl groups excluding tert-OH is 4. The zero-order chi connectivity index (χ0) is 18.9. The highest BCUT2D eigenvalue weighted by atomic mass is 16.6. The van der Waals surface area contributed by atoms with Crippen molar-refractivity contribution in [1.82, 2.24) is 0 Å². The van der Waals surface area contributed by atoms with Crippen LogP contribution in [0.2, 0.25) is 0 Å². The Morgan fingerprint density at radius 1 is 1.28 bits per heavy atom. The molecule has 1 spiro atoms. The van der Waals surface area contributed by atoms with Gasteiger partial charge in [-0.25, -0.2) is 0 Å². The Bertz CT molecular complexity index is 580. The maximum atomic E-state index is 12.4. The topological polar surface area (TPSA) is 107 Å². The van der Waals surface area contributed by atoms with Crippen LogP contribution in [0.3, 0.4) is 0 Å². The third-order valence-corrected chi connectivity index (χ3v) is 5.43. The summed E-state index contributed by atoms with van der Waals surface area (Å²) in [5.41, 5.74) is -1.70. The lowest BCUT2D eigenvalue weighted by atomic mass is 9.63. The lowest BCUT2D eigenvalue weighted by molar-refractivity contribution is -0.164. The highest BCUT2D eigenvalue weighted by Crippen LogP contribution is 2.49. The average molecular weight is 352 g/mol. The van der Waals surface area contributed by atoms with Gasteiger partial charge in [0.15, 0.2) is 0 Å². The van der Waals surface area contributed by atoms with E-state index in [0.717, 1.165) is 6.42 Å². The average Bonchev–Trinajstić information content (AvgIpc) is 2.76. The van der Waals surface area contributed by atoms with Crippen molar-refractivity contribution in [3.05, 3.63) is 36.6 Å². The largest absolute Gasteiger partial charge is 0.428 e. The molecule has 6 heteroatoms. The van der Waals surface area contributed by atoms with Crippen molar-refractivity contribution in [3.8, 4) is 0 Å². The van der Waals surface area contributed by atoms with E-state index < -0.39 is 41.7 Å². The van der Waals surface area contributed by atoms with Crippen LogP contribution in [0.1, 0.15) is 27.2 Å². The molecule has 140 valence electrons. The zero-order valence-electron chi connectivity index (χ0n) is 14.9. The lowest BCUT2D eigenvalue weighted by Crippen LogP contribution is -2.57. The number of carbonyl (C=O) groups excluding carboxylic acids is 1. The van der Waals surface area contributed by atoms with Gasteiger partial charge < -0.3 is 25.2 Å². The predicted octanol–water partition coefficient (Wildman–Crippen LogP) is 0.911. The number of ether oxygens (including phenoxy) is 1. The molecule has 6 nitrogen and oxygen atoms in total. The summed E-state index contributed by atoms with van der Waals surface area (Å²) in [6.07, 6.45) is 2.81. The monoisotopic (exact) mass is 352 g/mol. The van der Waals surface area contributed by atoms with Crippen LogP contribution < -0.4 is 0 Å². The number of allylic oxidation sites excluding steroid dienone is 3. The smallest absolute Gasteiger partial charge is 0.324 e. The van der Waals surface area contributed by atoms with Crippen molar-refractivity contribution in [3.63, 3.8) is 0 Å². The second kappa shape index (κ2) is 7.41. The molecule has 0 aromatic heterocycles. The van der Waals surface area contributed by atoms with Gasteiger partial charge in [0.1, 0.15) is 23.4 Å². The Balaban J connectivity index is 2.28. The summed E-state index contributed by atoms with van der Waals surface area (Å²) in [4.78, 5) is 12.4. The molecule has 0 radical (unpaired) electrons. The van der Waals surface area contributed by atoms with Crippen LogP contribution in [0.5, 0.6) is 0 Å². The number of esters is 1. The number of carbonyl (C=O) groups is 1. The number of hydrogen-bond donors (Lipinski definition) is 4. The molecule has 1 aliphatic carbocycles. The van der Waals surface area contributed by atoms with Crippen LogP contribution in [0.15, 0.2) is 36.6 Å². The van der Waals surface area contributed by atoms with E-state index in [-0.39, 0.29) is 17.6 Å². The molecule has 0 amide bonds. The van der Waals surface area contributed by atoms with Crippen LogP contribution in [0.4, 0.5) is 0 Å². The van der Waals surface area contributed by atoms with Gasteiger partial charge in [-0.2, -0.15) is 0 Å². The molecular weight excluding hydrogens is 324 g/mol. The normalized spacial score (nSPS) is 39.0. The molecule has 25 heavy (non-hydrogen) atoms. The predicted molar refractivity (Wildman–Crippen MR) is 92.1 cm³/mol. The van der Waals surface area contributed by atoms with Crippen LogP contribution in [-0.2, 0) is 9.53 Å². The summed E-state index contributed by atoms with van der Waals surface area (Å²) in [7, 11) is 0. The molecule has 1 heterocycles. The summed E-state index contributed by atoms with van der Waals surface area (Å²) < 4.78 is 4.96. The van der Waals surface area contributed by atoms with E-state index in [1.54, 1.807) is 19.1 Å². The molecule has 1 saturated heterocycles. The Kier molecular flexibility index (Phi) is 5.89. The van der Waals surface area contributed by atoms with Gasteiger partial charge in [-0.3, -0.25) is 4.79 Å². The molecular formula is C19H28O6. The standard InChI is InChI=1S/C19H28O6/c1-10(9-11(2)12(3)20)5-6-14-7-8-15(21)17(23)19(14)16(22)13(4)25-18(19)24/h5-8,10-12,14-17,20-23H,4,9H2,1-3H3/b6-5+/t10-,11+,12?,14+,15+,16-,17-,19-/m0/s1. The van der Waals surface area contributed by atoms with Crippen LogP contribution in [-0.4, -0.2) is 50.8 Å². The molecule has 0 bridgehead atoms.